The van der Waals surface area contributed by atoms with E-state index >= 15 is 0 Å². The lowest BCUT2D eigenvalue weighted by Gasteiger charge is -2.04. The number of ether oxygens (including phenoxy) is 1. The highest BCUT2D eigenvalue weighted by atomic mass is 16.5. The topological polar surface area (TPSA) is 72.3 Å². The number of nitrogens with zero attached hydrogens (tertiary/aromatic N) is 2. The Labute approximate surface area is 104 Å². The number of aromatic nitrogens is 2. The van der Waals surface area contributed by atoms with Gasteiger partial charge in [0.25, 0.3) is 0 Å². The summed E-state index contributed by atoms with van der Waals surface area (Å²) in [6.45, 7) is 2.08. The van der Waals surface area contributed by atoms with Crippen LogP contribution in [0.3, 0.4) is 0 Å². The Morgan fingerprint density at radius 3 is 2.44 bits per heavy atom. The van der Waals surface area contributed by atoms with Crippen molar-refractivity contribution in [2.45, 2.75) is 13.3 Å². The molecular formula is C13H12N2O3. The number of aryl methyl sites for hydroxylation is 1. The molecule has 1 aromatic carbocycles. The first-order chi connectivity index (χ1) is 8.69. The van der Waals surface area contributed by atoms with E-state index in [1.165, 1.54) is 11.8 Å². The van der Waals surface area contributed by atoms with Crippen molar-refractivity contribution in [3.63, 3.8) is 0 Å². The van der Waals surface area contributed by atoms with E-state index in [0.717, 1.165) is 12.6 Å². The number of rotatable bonds is 4. The van der Waals surface area contributed by atoms with E-state index in [4.69, 9.17) is 9.84 Å². The lowest BCUT2D eigenvalue weighted by atomic mass is 10.2. The summed E-state index contributed by atoms with van der Waals surface area (Å²) in [7, 11) is 0. The molecule has 0 saturated carbocycles. The van der Waals surface area contributed by atoms with E-state index < -0.39 is 5.97 Å². The van der Waals surface area contributed by atoms with Crippen molar-refractivity contribution < 1.29 is 14.6 Å². The minimum absolute atomic E-state index is 0.108. The molecule has 1 N–H and O–H groups in total. The van der Waals surface area contributed by atoms with Gasteiger partial charge in [-0.3, -0.25) is 0 Å². The van der Waals surface area contributed by atoms with E-state index in [2.05, 4.69) is 16.9 Å². The van der Waals surface area contributed by atoms with Crippen molar-refractivity contribution in [1.29, 1.82) is 0 Å². The first-order valence-corrected chi connectivity index (χ1v) is 5.51. The van der Waals surface area contributed by atoms with E-state index in [1.54, 1.807) is 0 Å². The molecule has 0 fully saturated rings. The quantitative estimate of drug-likeness (QED) is 0.894. The Morgan fingerprint density at radius 2 is 1.94 bits per heavy atom. The van der Waals surface area contributed by atoms with Crippen LogP contribution in [-0.2, 0) is 6.42 Å². The van der Waals surface area contributed by atoms with Gasteiger partial charge in [0.15, 0.2) is 5.69 Å². The molecule has 0 spiro atoms. The summed E-state index contributed by atoms with van der Waals surface area (Å²) in [6, 6.07) is 7.61. The zero-order valence-electron chi connectivity index (χ0n) is 9.83. The first-order valence-electron chi connectivity index (χ1n) is 5.51. The van der Waals surface area contributed by atoms with Crippen molar-refractivity contribution in [2.75, 3.05) is 0 Å². The zero-order valence-corrected chi connectivity index (χ0v) is 9.83. The summed E-state index contributed by atoms with van der Waals surface area (Å²) in [6.07, 6.45) is 3.42. The summed E-state index contributed by atoms with van der Waals surface area (Å²) in [4.78, 5) is 18.2. The smallest absolute Gasteiger partial charge is 0.356 e. The van der Waals surface area contributed by atoms with Crippen molar-refractivity contribution in [3.05, 3.63) is 47.9 Å². The SMILES string of the molecule is CCc1ccc(Oc2cnc(C(=O)O)cn2)cc1. The predicted molar refractivity (Wildman–Crippen MR) is 64.9 cm³/mol. The van der Waals surface area contributed by atoms with Gasteiger partial charge in [-0.2, -0.15) is 0 Å². The molecule has 0 unspecified atom stereocenters. The molecule has 0 aliphatic carbocycles. The van der Waals surface area contributed by atoms with Gasteiger partial charge in [-0.05, 0) is 24.1 Å². The van der Waals surface area contributed by atoms with E-state index in [9.17, 15) is 4.79 Å². The van der Waals surface area contributed by atoms with E-state index in [1.807, 2.05) is 24.3 Å². The molecule has 0 aliphatic heterocycles. The van der Waals surface area contributed by atoms with Gasteiger partial charge in [0, 0.05) is 0 Å². The number of carboxylic acids is 1. The van der Waals surface area contributed by atoms with Crippen LogP contribution in [-0.4, -0.2) is 21.0 Å². The van der Waals surface area contributed by atoms with Gasteiger partial charge in [0.1, 0.15) is 5.75 Å². The molecule has 92 valence electrons. The number of aromatic carboxylic acids is 1. The molecule has 5 nitrogen and oxygen atoms in total. The second kappa shape index (κ2) is 5.27. The van der Waals surface area contributed by atoms with Gasteiger partial charge in [0.2, 0.25) is 5.88 Å². The largest absolute Gasteiger partial charge is 0.476 e. The minimum atomic E-state index is -1.11. The highest BCUT2D eigenvalue weighted by molar-refractivity contribution is 5.84. The summed E-state index contributed by atoms with van der Waals surface area (Å²) >= 11 is 0. The van der Waals surface area contributed by atoms with Gasteiger partial charge in [-0.15, -0.1) is 0 Å². The molecule has 2 rings (SSSR count). The van der Waals surface area contributed by atoms with Gasteiger partial charge in [0.05, 0.1) is 12.4 Å². The number of carboxylic acid groups (broad SMARTS) is 1. The van der Waals surface area contributed by atoms with Crippen LogP contribution in [0.15, 0.2) is 36.7 Å². The molecule has 1 aromatic heterocycles. The molecule has 0 radical (unpaired) electrons. The second-order valence-electron chi connectivity index (χ2n) is 3.64. The monoisotopic (exact) mass is 244 g/mol. The van der Waals surface area contributed by atoms with Crippen LogP contribution in [0.1, 0.15) is 23.0 Å². The van der Waals surface area contributed by atoms with Crippen molar-refractivity contribution in [1.82, 2.24) is 9.97 Å². The fourth-order valence-electron chi connectivity index (χ4n) is 1.39. The fraction of sp³-hybridized carbons (Fsp3) is 0.154. The third kappa shape index (κ3) is 2.82. The van der Waals surface area contributed by atoms with Gasteiger partial charge in [-0.1, -0.05) is 19.1 Å². The maximum absolute atomic E-state index is 10.6. The van der Waals surface area contributed by atoms with E-state index in [0.29, 0.717) is 5.75 Å². The Hall–Kier alpha value is -2.43. The normalized spacial score (nSPS) is 10.1. The van der Waals surface area contributed by atoms with Crippen LogP contribution in [0, 0.1) is 0 Å². The van der Waals surface area contributed by atoms with Crippen molar-refractivity contribution >= 4 is 5.97 Å². The number of carbonyl (C=O) groups is 1. The fourth-order valence-corrected chi connectivity index (χ4v) is 1.39. The van der Waals surface area contributed by atoms with Crippen LogP contribution < -0.4 is 4.74 Å². The predicted octanol–water partition coefficient (Wildman–Crippen LogP) is 2.53. The first kappa shape index (κ1) is 12.0. The molecule has 0 bridgehead atoms. The molecule has 5 heteroatoms. The molecule has 2 aromatic rings. The van der Waals surface area contributed by atoms with E-state index in [-0.39, 0.29) is 11.6 Å². The highest BCUT2D eigenvalue weighted by Crippen LogP contribution is 2.19. The summed E-state index contributed by atoms with van der Waals surface area (Å²) in [5.74, 6) is -0.199. The molecule has 18 heavy (non-hydrogen) atoms. The number of hydrogen-bond acceptors (Lipinski definition) is 4. The van der Waals surface area contributed by atoms with Gasteiger partial charge >= 0.3 is 5.97 Å². The molecule has 0 amide bonds. The number of benzene rings is 1. The number of hydrogen-bond donors (Lipinski definition) is 1. The Kier molecular flexibility index (Phi) is 3.52. The molecular weight excluding hydrogens is 232 g/mol. The third-order valence-electron chi connectivity index (χ3n) is 2.40. The molecule has 1 heterocycles. The zero-order chi connectivity index (χ0) is 13.0. The van der Waals surface area contributed by atoms with Gasteiger partial charge < -0.3 is 9.84 Å². The van der Waals surface area contributed by atoms with Crippen LogP contribution in [0.5, 0.6) is 11.6 Å². The Morgan fingerprint density at radius 1 is 1.22 bits per heavy atom. The second-order valence-corrected chi connectivity index (χ2v) is 3.64. The maximum atomic E-state index is 10.6. The lowest BCUT2D eigenvalue weighted by Crippen LogP contribution is -2.01. The molecule has 0 atom stereocenters. The Balaban J connectivity index is 2.10. The van der Waals surface area contributed by atoms with Gasteiger partial charge in [-0.25, -0.2) is 14.8 Å². The van der Waals surface area contributed by atoms with Crippen molar-refractivity contribution in [2.24, 2.45) is 0 Å². The maximum Gasteiger partial charge on any atom is 0.356 e. The Bertz CT molecular complexity index is 535. The summed E-state index contributed by atoms with van der Waals surface area (Å²) in [5.41, 5.74) is 1.11. The average Bonchev–Trinajstić information content (AvgIpc) is 2.40. The van der Waals surface area contributed by atoms with Crippen LogP contribution in [0.25, 0.3) is 0 Å². The van der Waals surface area contributed by atoms with Crippen LogP contribution >= 0.6 is 0 Å². The average molecular weight is 244 g/mol. The molecule has 0 saturated heterocycles. The standard InChI is InChI=1S/C13H12N2O3/c1-2-9-3-5-10(6-4-9)18-12-8-14-11(7-15-12)13(16)17/h3-8H,2H2,1H3,(H,16,17). The highest BCUT2D eigenvalue weighted by Gasteiger charge is 2.05. The minimum Gasteiger partial charge on any atom is -0.476 e. The van der Waals surface area contributed by atoms with Crippen LogP contribution in [0.2, 0.25) is 0 Å². The summed E-state index contributed by atoms with van der Waals surface area (Å²) in [5, 5.41) is 8.68. The molecule has 0 aliphatic rings. The van der Waals surface area contributed by atoms with Crippen molar-refractivity contribution in [3.8, 4) is 11.6 Å². The van der Waals surface area contributed by atoms with Crippen LogP contribution in [0.4, 0.5) is 0 Å². The lowest BCUT2D eigenvalue weighted by molar-refractivity contribution is 0.0690. The third-order valence-corrected chi connectivity index (χ3v) is 2.40. The summed E-state index contributed by atoms with van der Waals surface area (Å²) < 4.78 is 5.45.